The number of carbonyl (C=O) groups is 2. The second kappa shape index (κ2) is 8.52. The molecule has 0 saturated heterocycles. The number of aryl methyl sites for hydroxylation is 2. The zero-order valence-electron chi connectivity index (χ0n) is 17.1. The van der Waals surface area contributed by atoms with Gasteiger partial charge in [0.05, 0.1) is 35.7 Å². The van der Waals surface area contributed by atoms with E-state index in [1.54, 1.807) is 10.9 Å². The zero-order chi connectivity index (χ0) is 21.1. The van der Waals surface area contributed by atoms with Gasteiger partial charge in [0.15, 0.2) is 0 Å². The molecule has 2 amide bonds. The number of hydrogen-bond acceptors (Lipinski definition) is 5. The first-order chi connectivity index (χ1) is 14.5. The minimum Gasteiger partial charge on any atom is -0.361 e. The summed E-state index contributed by atoms with van der Waals surface area (Å²) in [4.78, 5) is 25.0. The van der Waals surface area contributed by atoms with Crippen molar-refractivity contribution in [3.8, 4) is 0 Å². The SMILES string of the molecule is Cc1noc(C)c1CCC(=O)N[C@H]1Cc2c(C(=O)NCc3ccccc3)cnn2C1. The molecule has 1 aliphatic heterocycles. The molecule has 0 spiro atoms. The summed E-state index contributed by atoms with van der Waals surface area (Å²) in [5.41, 5.74) is 4.28. The van der Waals surface area contributed by atoms with Crippen molar-refractivity contribution in [2.75, 3.05) is 0 Å². The van der Waals surface area contributed by atoms with Crippen LogP contribution in [0.3, 0.4) is 0 Å². The summed E-state index contributed by atoms with van der Waals surface area (Å²) in [6.07, 6.45) is 3.15. The van der Waals surface area contributed by atoms with Gasteiger partial charge < -0.3 is 15.2 Å². The lowest BCUT2D eigenvalue weighted by Gasteiger charge is -2.12. The number of carbonyl (C=O) groups excluding carboxylic acids is 2. The number of benzene rings is 1. The number of rotatable bonds is 7. The minimum absolute atomic E-state index is 0.0270. The quantitative estimate of drug-likeness (QED) is 0.624. The predicted octanol–water partition coefficient (Wildman–Crippen LogP) is 2.09. The molecule has 1 aromatic carbocycles. The van der Waals surface area contributed by atoms with Crippen molar-refractivity contribution in [2.45, 2.75) is 52.2 Å². The van der Waals surface area contributed by atoms with Crippen molar-refractivity contribution >= 4 is 11.8 Å². The van der Waals surface area contributed by atoms with Crippen LogP contribution >= 0.6 is 0 Å². The van der Waals surface area contributed by atoms with Gasteiger partial charge in [-0.05, 0) is 25.8 Å². The van der Waals surface area contributed by atoms with Crippen LogP contribution in [0.5, 0.6) is 0 Å². The van der Waals surface area contributed by atoms with Crippen molar-refractivity contribution in [2.24, 2.45) is 0 Å². The Labute approximate surface area is 174 Å². The Morgan fingerprint density at radius 3 is 2.77 bits per heavy atom. The van der Waals surface area contributed by atoms with E-state index in [0.717, 1.165) is 28.3 Å². The van der Waals surface area contributed by atoms with Gasteiger partial charge in [-0.3, -0.25) is 14.3 Å². The third-order valence-electron chi connectivity index (χ3n) is 5.47. The van der Waals surface area contributed by atoms with E-state index in [0.29, 0.717) is 37.9 Å². The van der Waals surface area contributed by atoms with Gasteiger partial charge in [-0.1, -0.05) is 35.5 Å². The molecule has 2 aromatic heterocycles. The molecule has 1 atom stereocenters. The maximum atomic E-state index is 12.6. The smallest absolute Gasteiger partial charge is 0.255 e. The van der Waals surface area contributed by atoms with E-state index >= 15 is 0 Å². The second-order valence-corrected chi connectivity index (χ2v) is 7.63. The third kappa shape index (κ3) is 4.27. The Bertz CT molecular complexity index is 1030. The molecule has 8 nitrogen and oxygen atoms in total. The van der Waals surface area contributed by atoms with Crippen molar-refractivity contribution in [1.82, 2.24) is 25.6 Å². The van der Waals surface area contributed by atoms with Gasteiger partial charge in [-0.2, -0.15) is 5.10 Å². The van der Waals surface area contributed by atoms with E-state index in [-0.39, 0.29) is 17.9 Å². The molecule has 156 valence electrons. The molecule has 3 aromatic rings. The van der Waals surface area contributed by atoms with Gasteiger partial charge in [0.1, 0.15) is 5.76 Å². The predicted molar refractivity (Wildman–Crippen MR) is 110 cm³/mol. The Morgan fingerprint density at radius 2 is 2.03 bits per heavy atom. The standard InChI is InChI=1S/C22H25N5O3/c1-14-18(15(2)30-26-14)8-9-21(28)25-17-10-20-19(12-24-27(20)13-17)22(29)23-11-16-6-4-3-5-7-16/h3-7,12,17H,8-11,13H2,1-2H3,(H,23,29)(H,25,28)/t17-/m0/s1. The van der Waals surface area contributed by atoms with Crippen LogP contribution in [0.15, 0.2) is 41.1 Å². The van der Waals surface area contributed by atoms with Crippen LogP contribution in [0.4, 0.5) is 0 Å². The molecule has 0 fully saturated rings. The normalized spacial score (nSPS) is 15.1. The molecule has 8 heteroatoms. The lowest BCUT2D eigenvalue weighted by atomic mass is 10.1. The van der Waals surface area contributed by atoms with Crippen LogP contribution in [0.1, 0.15) is 45.1 Å². The highest BCUT2D eigenvalue weighted by Crippen LogP contribution is 2.20. The molecule has 0 radical (unpaired) electrons. The average Bonchev–Trinajstić information content (AvgIpc) is 3.40. The molecular weight excluding hydrogens is 382 g/mol. The Morgan fingerprint density at radius 1 is 1.23 bits per heavy atom. The van der Waals surface area contributed by atoms with E-state index in [4.69, 9.17) is 4.52 Å². The highest BCUT2D eigenvalue weighted by Gasteiger charge is 2.28. The van der Waals surface area contributed by atoms with Gasteiger partial charge in [0.25, 0.3) is 5.91 Å². The Hall–Kier alpha value is -3.42. The van der Waals surface area contributed by atoms with Crippen LogP contribution in [-0.4, -0.2) is 32.8 Å². The van der Waals surface area contributed by atoms with Gasteiger partial charge in [0.2, 0.25) is 5.91 Å². The summed E-state index contributed by atoms with van der Waals surface area (Å²) in [7, 11) is 0. The van der Waals surface area contributed by atoms with E-state index in [2.05, 4.69) is 20.9 Å². The molecule has 0 aliphatic carbocycles. The first-order valence-electron chi connectivity index (χ1n) is 10.1. The van der Waals surface area contributed by atoms with Gasteiger partial charge in [-0.25, -0.2) is 0 Å². The number of aromatic nitrogens is 3. The minimum atomic E-state index is -0.148. The lowest BCUT2D eigenvalue weighted by Crippen LogP contribution is -2.36. The second-order valence-electron chi connectivity index (χ2n) is 7.63. The maximum Gasteiger partial charge on any atom is 0.255 e. The van der Waals surface area contributed by atoms with E-state index in [9.17, 15) is 9.59 Å². The average molecular weight is 407 g/mol. The van der Waals surface area contributed by atoms with Crippen molar-refractivity contribution < 1.29 is 14.1 Å². The fraction of sp³-hybridized carbons (Fsp3) is 0.364. The van der Waals surface area contributed by atoms with Gasteiger partial charge in [0, 0.05) is 24.9 Å². The van der Waals surface area contributed by atoms with E-state index < -0.39 is 0 Å². The fourth-order valence-corrected chi connectivity index (χ4v) is 3.85. The number of nitrogens with zero attached hydrogens (tertiary/aromatic N) is 3. The number of nitrogens with one attached hydrogen (secondary N) is 2. The van der Waals surface area contributed by atoms with Crippen LogP contribution in [0, 0.1) is 13.8 Å². The molecular formula is C22H25N5O3. The van der Waals surface area contributed by atoms with Crippen molar-refractivity contribution in [3.05, 3.63) is 70.4 Å². The fourth-order valence-electron chi connectivity index (χ4n) is 3.85. The molecule has 0 bridgehead atoms. The first-order valence-corrected chi connectivity index (χ1v) is 10.1. The summed E-state index contributed by atoms with van der Waals surface area (Å²) < 4.78 is 6.95. The first kappa shape index (κ1) is 19.9. The Balaban J connectivity index is 1.30. The van der Waals surface area contributed by atoms with Crippen LogP contribution in [0.2, 0.25) is 0 Å². The van der Waals surface area contributed by atoms with E-state index in [1.165, 1.54) is 0 Å². The number of amides is 2. The molecule has 2 N–H and O–H groups in total. The summed E-state index contributed by atoms with van der Waals surface area (Å²) in [5.74, 6) is 0.582. The molecule has 3 heterocycles. The summed E-state index contributed by atoms with van der Waals surface area (Å²) in [6, 6.07) is 9.70. The van der Waals surface area contributed by atoms with E-state index in [1.807, 2.05) is 44.2 Å². The molecule has 1 aliphatic rings. The zero-order valence-corrected chi connectivity index (χ0v) is 17.1. The summed E-state index contributed by atoms with van der Waals surface area (Å²) in [6.45, 7) is 4.77. The van der Waals surface area contributed by atoms with Crippen LogP contribution < -0.4 is 10.6 Å². The van der Waals surface area contributed by atoms with Crippen molar-refractivity contribution in [1.29, 1.82) is 0 Å². The maximum absolute atomic E-state index is 12.6. The molecule has 30 heavy (non-hydrogen) atoms. The van der Waals surface area contributed by atoms with Crippen molar-refractivity contribution in [3.63, 3.8) is 0 Å². The Kier molecular flexibility index (Phi) is 5.65. The summed E-state index contributed by atoms with van der Waals surface area (Å²) in [5, 5.41) is 14.2. The molecule has 0 saturated carbocycles. The number of fused-ring (bicyclic) bond motifs is 1. The lowest BCUT2D eigenvalue weighted by molar-refractivity contribution is -0.121. The highest BCUT2D eigenvalue weighted by atomic mass is 16.5. The van der Waals surface area contributed by atoms with Gasteiger partial charge >= 0.3 is 0 Å². The van der Waals surface area contributed by atoms with Crippen LogP contribution in [0.25, 0.3) is 0 Å². The highest BCUT2D eigenvalue weighted by molar-refractivity contribution is 5.95. The molecule has 0 unspecified atom stereocenters. The third-order valence-corrected chi connectivity index (χ3v) is 5.47. The van der Waals surface area contributed by atoms with Gasteiger partial charge in [-0.15, -0.1) is 0 Å². The topological polar surface area (TPSA) is 102 Å². The number of hydrogen-bond donors (Lipinski definition) is 2. The molecule has 4 rings (SSSR count). The largest absolute Gasteiger partial charge is 0.361 e. The summed E-state index contributed by atoms with van der Waals surface area (Å²) >= 11 is 0. The van der Waals surface area contributed by atoms with Crippen LogP contribution in [-0.2, 0) is 30.7 Å². The monoisotopic (exact) mass is 407 g/mol.